The van der Waals surface area contributed by atoms with Gasteiger partial charge in [-0.25, -0.2) is 23.7 Å². The fourth-order valence-corrected chi connectivity index (χ4v) is 2.42. The Bertz CT molecular complexity index is 820. The summed E-state index contributed by atoms with van der Waals surface area (Å²) in [7, 11) is 1.40. The molecule has 0 aliphatic carbocycles. The fourth-order valence-electron chi connectivity index (χ4n) is 2.42. The molecule has 0 unspecified atom stereocenters. The second-order valence-corrected chi connectivity index (χ2v) is 4.91. The molecule has 3 aromatic rings. The molecule has 0 spiro atoms. The van der Waals surface area contributed by atoms with Crippen molar-refractivity contribution in [2.24, 2.45) is 0 Å². The van der Waals surface area contributed by atoms with Crippen molar-refractivity contribution in [1.29, 1.82) is 0 Å². The van der Waals surface area contributed by atoms with Crippen LogP contribution in [0.25, 0.3) is 11.4 Å². The highest BCUT2D eigenvalue weighted by Crippen LogP contribution is 2.34. The van der Waals surface area contributed by atoms with Gasteiger partial charge >= 0.3 is 0 Å². The smallest absolute Gasteiger partial charge is 0.173 e. The van der Waals surface area contributed by atoms with E-state index in [-0.39, 0.29) is 23.2 Å². The van der Waals surface area contributed by atoms with Gasteiger partial charge in [-0.05, 0) is 25.1 Å². The molecule has 0 N–H and O–H groups in total. The molecule has 0 saturated carbocycles. The number of halogens is 2. The van der Waals surface area contributed by atoms with E-state index in [4.69, 9.17) is 4.74 Å². The van der Waals surface area contributed by atoms with E-state index in [1.165, 1.54) is 25.7 Å². The molecule has 0 fully saturated rings. The number of benzene rings is 1. The van der Waals surface area contributed by atoms with Crippen molar-refractivity contribution in [2.75, 3.05) is 7.11 Å². The summed E-state index contributed by atoms with van der Waals surface area (Å²) in [5, 5.41) is 0. The van der Waals surface area contributed by atoms with Crippen LogP contribution in [-0.2, 0) is 0 Å². The van der Waals surface area contributed by atoms with E-state index in [9.17, 15) is 8.78 Å². The van der Waals surface area contributed by atoms with Crippen LogP contribution in [0.15, 0.2) is 43.1 Å². The molecular formula is C16H14F2N4O. The predicted octanol–water partition coefficient (Wildman–Crippen LogP) is 3.24. The highest BCUT2D eigenvalue weighted by Gasteiger charge is 2.22. The number of imidazole rings is 1. The summed E-state index contributed by atoms with van der Waals surface area (Å²) in [6.45, 7) is 1.89. The minimum atomic E-state index is -0.994. The molecule has 118 valence electrons. The number of hydrogen-bond donors (Lipinski definition) is 0. The molecule has 0 aliphatic rings. The number of rotatable bonds is 4. The van der Waals surface area contributed by atoms with Gasteiger partial charge in [0.25, 0.3) is 0 Å². The molecule has 0 radical (unpaired) electrons. The number of methoxy groups -OCH3 is 1. The standard InChI is InChI=1S/C16H14F2N4O/c1-10(12-5-6-19-9-21-12)22-8-7-20-16(22)14-13(23-2)4-3-11(17)15(14)18/h3-10H,1-2H3/t10-/m1/s1. The SMILES string of the molecule is COc1ccc(F)c(F)c1-c1nccn1[C@H](C)c1ccncn1. The third kappa shape index (κ3) is 2.65. The van der Waals surface area contributed by atoms with E-state index < -0.39 is 11.6 Å². The van der Waals surface area contributed by atoms with Crippen LogP contribution in [-0.4, -0.2) is 26.6 Å². The first kappa shape index (κ1) is 15.1. The maximum absolute atomic E-state index is 14.3. The second-order valence-electron chi connectivity index (χ2n) is 4.91. The molecule has 0 amide bonds. The number of nitrogens with zero attached hydrogens (tertiary/aromatic N) is 4. The van der Waals surface area contributed by atoms with Gasteiger partial charge in [0, 0.05) is 18.6 Å². The Hall–Kier alpha value is -2.83. The molecule has 23 heavy (non-hydrogen) atoms. The van der Waals surface area contributed by atoms with Crippen LogP contribution in [0.3, 0.4) is 0 Å². The largest absolute Gasteiger partial charge is 0.496 e. The van der Waals surface area contributed by atoms with Crippen LogP contribution in [0, 0.1) is 11.6 Å². The first-order valence-corrected chi connectivity index (χ1v) is 6.94. The third-order valence-corrected chi connectivity index (χ3v) is 3.62. The Morgan fingerprint density at radius 3 is 2.65 bits per heavy atom. The Kier molecular flexibility index (Phi) is 4.01. The lowest BCUT2D eigenvalue weighted by Crippen LogP contribution is -2.10. The summed E-state index contributed by atoms with van der Waals surface area (Å²) in [5.41, 5.74) is 0.716. The zero-order valence-corrected chi connectivity index (χ0v) is 12.6. The molecule has 0 saturated heterocycles. The van der Waals surface area contributed by atoms with Crippen molar-refractivity contribution in [3.8, 4) is 17.1 Å². The van der Waals surface area contributed by atoms with Crippen molar-refractivity contribution >= 4 is 0 Å². The Morgan fingerprint density at radius 1 is 1.13 bits per heavy atom. The Labute approximate surface area is 131 Å². The second kappa shape index (κ2) is 6.12. The van der Waals surface area contributed by atoms with Crippen LogP contribution in [0.2, 0.25) is 0 Å². The lowest BCUT2D eigenvalue weighted by atomic mass is 10.1. The Balaban J connectivity index is 2.14. The van der Waals surface area contributed by atoms with Crippen molar-refractivity contribution < 1.29 is 13.5 Å². The summed E-state index contributed by atoms with van der Waals surface area (Å²) < 4.78 is 34.9. The van der Waals surface area contributed by atoms with E-state index in [1.807, 2.05) is 6.92 Å². The maximum atomic E-state index is 14.3. The summed E-state index contributed by atoms with van der Waals surface area (Å²) in [6, 6.07) is 3.93. The summed E-state index contributed by atoms with van der Waals surface area (Å²) in [5.74, 6) is -1.46. The monoisotopic (exact) mass is 316 g/mol. The van der Waals surface area contributed by atoms with Crippen molar-refractivity contribution in [3.05, 3.63) is 60.4 Å². The first-order valence-electron chi connectivity index (χ1n) is 6.94. The molecule has 3 rings (SSSR count). The predicted molar refractivity (Wildman–Crippen MR) is 80.0 cm³/mol. The Morgan fingerprint density at radius 2 is 1.96 bits per heavy atom. The van der Waals surface area contributed by atoms with Crippen LogP contribution in [0.4, 0.5) is 8.78 Å². The molecule has 1 aromatic carbocycles. The average molecular weight is 316 g/mol. The molecule has 5 nitrogen and oxygen atoms in total. The molecule has 7 heteroatoms. The molecule has 1 atom stereocenters. The molecular weight excluding hydrogens is 302 g/mol. The summed E-state index contributed by atoms with van der Waals surface area (Å²) >= 11 is 0. The lowest BCUT2D eigenvalue weighted by Gasteiger charge is -2.17. The van der Waals surface area contributed by atoms with Gasteiger partial charge in [0.2, 0.25) is 0 Å². The fraction of sp³-hybridized carbons (Fsp3) is 0.188. The van der Waals surface area contributed by atoms with Crippen LogP contribution in [0.5, 0.6) is 5.75 Å². The van der Waals surface area contributed by atoms with Crippen molar-refractivity contribution in [1.82, 2.24) is 19.5 Å². The van der Waals surface area contributed by atoms with Gasteiger partial charge in [-0.15, -0.1) is 0 Å². The highest BCUT2D eigenvalue weighted by molar-refractivity contribution is 5.66. The summed E-state index contributed by atoms with van der Waals surface area (Å²) in [4.78, 5) is 12.2. The van der Waals surface area contributed by atoms with Gasteiger partial charge < -0.3 is 9.30 Å². The molecule has 2 aromatic heterocycles. The van der Waals surface area contributed by atoms with Gasteiger partial charge in [-0.1, -0.05) is 0 Å². The van der Waals surface area contributed by atoms with Gasteiger partial charge in [0.05, 0.1) is 24.4 Å². The van der Waals surface area contributed by atoms with Gasteiger partial charge in [0.1, 0.15) is 17.9 Å². The number of aromatic nitrogens is 4. The van der Waals surface area contributed by atoms with Crippen molar-refractivity contribution in [3.63, 3.8) is 0 Å². The molecule has 0 aliphatic heterocycles. The molecule has 2 heterocycles. The average Bonchev–Trinajstić information content (AvgIpc) is 3.06. The van der Waals surface area contributed by atoms with E-state index in [0.29, 0.717) is 0 Å². The van der Waals surface area contributed by atoms with E-state index >= 15 is 0 Å². The van der Waals surface area contributed by atoms with Gasteiger partial charge in [0.15, 0.2) is 11.6 Å². The normalized spacial score (nSPS) is 12.2. The maximum Gasteiger partial charge on any atom is 0.173 e. The highest BCUT2D eigenvalue weighted by atomic mass is 19.2. The minimum absolute atomic E-state index is 0.0154. The number of ether oxygens (including phenoxy) is 1. The van der Waals surface area contributed by atoms with E-state index in [1.54, 1.807) is 23.0 Å². The zero-order valence-electron chi connectivity index (χ0n) is 12.6. The topological polar surface area (TPSA) is 52.8 Å². The summed E-state index contributed by atoms with van der Waals surface area (Å²) in [6.07, 6.45) is 6.27. The minimum Gasteiger partial charge on any atom is -0.496 e. The van der Waals surface area contributed by atoms with E-state index in [0.717, 1.165) is 11.8 Å². The molecule has 0 bridgehead atoms. The number of hydrogen-bond acceptors (Lipinski definition) is 4. The van der Waals surface area contributed by atoms with E-state index in [2.05, 4.69) is 15.0 Å². The van der Waals surface area contributed by atoms with Crippen molar-refractivity contribution in [2.45, 2.75) is 13.0 Å². The zero-order chi connectivity index (χ0) is 16.4. The van der Waals surface area contributed by atoms with Gasteiger partial charge in [-0.2, -0.15) is 0 Å². The third-order valence-electron chi connectivity index (χ3n) is 3.62. The first-order chi connectivity index (χ1) is 11.1. The lowest BCUT2D eigenvalue weighted by molar-refractivity contribution is 0.408. The van der Waals surface area contributed by atoms with Gasteiger partial charge in [-0.3, -0.25) is 0 Å². The van der Waals surface area contributed by atoms with Crippen LogP contribution >= 0.6 is 0 Å². The quantitative estimate of drug-likeness (QED) is 0.741. The van der Waals surface area contributed by atoms with Crippen LogP contribution in [0.1, 0.15) is 18.7 Å². The van der Waals surface area contributed by atoms with Crippen LogP contribution < -0.4 is 4.74 Å².